The summed E-state index contributed by atoms with van der Waals surface area (Å²) >= 11 is 4.18. The zero-order valence-corrected chi connectivity index (χ0v) is 8.38. The molecular formula is C10H12O2S. The lowest BCUT2D eigenvalue weighted by atomic mass is 10.1. The van der Waals surface area contributed by atoms with E-state index < -0.39 is 0 Å². The van der Waals surface area contributed by atoms with Crippen LogP contribution < -0.4 is 0 Å². The first-order valence-corrected chi connectivity index (χ1v) is 4.60. The summed E-state index contributed by atoms with van der Waals surface area (Å²) < 4.78 is 4.82. The number of rotatable bonds is 3. The summed E-state index contributed by atoms with van der Waals surface area (Å²) in [5.41, 5.74) is 0.936. The third kappa shape index (κ3) is 3.51. The van der Waals surface area contributed by atoms with Crippen molar-refractivity contribution < 1.29 is 9.53 Å². The van der Waals surface area contributed by atoms with Crippen LogP contribution in [0.2, 0.25) is 0 Å². The lowest BCUT2D eigenvalue weighted by molar-refractivity contribution is -0.142. The standard InChI is InChI=1S/C10H12O2S/c1-2-12-10(11)7-8-4-3-5-9(13)6-8/h3-6,13H,2,7H2,1H3. The smallest absolute Gasteiger partial charge is 0.310 e. The molecule has 1 aromatic rings. The van der Waals surface area contributed by atoms with Crippen LogP contribution in [-0.2, 0) is 16.0 Å². The average molecular weight is 196 g/mol. The van der Waals surface area contributed by atoms with Crippen LogP contribution in [0.25, 0.3) is 0 Å². The van der Waals surface area contributed by atoms with Crippen LogP contribution in [-0.4, -0.2) is 12.6 Å². The van der Waals surface area contributed by atoms with E-state index in [1.165, 1.54) is 0 Å². The summed E-state index contributed by atoms with van der Waals surface area (Å²) in [5, 5.41) is 0. The van der Waals surface area contributed by atoms with E-state index in [9.17, 15) is 4.79 Å². The molecular weight excluding hydrogens is 184 g/mol. The quantitative estimate of drug-likeness (QED) is 0.591. The lowest BCUT2D eigenvalue weighted by Crippen LogP contribution is -2.07. The van der Waals surface area contributed by atoms with Crippen LogP contribution in [0.4, 0.5) is 0 Å². The minimum absolute atomic E-state index is 0.193. The molecule has 0 heterocycles. The summed E-state index contributed by atoms with van der Waals surface area (Å²) in [4.78, 5) is 11.9. The highest BCUT2D eigenvalue weighted by atomic mass is 32.1. The van der Waals surface area contributed by atoms with Crippen LogP contribution in [0.5, 0.6) is 0 Å². The van der Waals surface area contributed by atoms with Crippen LogP contribution in [0.15, 0.2) is 29.2 Å². The molecule has 0 aliphatic rings. The van der Waals surface area contributed by atoms with Gasteiger partial charge in [0.1, 0.15) is 0 Å². The molecule has 0 atom stereocenters. The van der Waals surface area contributed by atoms with Crippen molar-refractivity contribution in [1.82, 2.24) is 0 Å². The molecule has 0 N–H and O–H groups in total. The van der Waals surface area contributed by atoms with Gasteiger partial charge in [0, 0.05) is 4.90 Å². The molecule has 0 bridgehead atoms. The number of esters is 1. The molecule has 70 valence electrons. The first-order chi connectivity index (χ1) is 6.22. The zero-order valence-electron chi connectivity index (χ0n) is 7.49. The van der Waals surface area contributed by atoms with Crippen LogP contribution in [0, 0.1) is 0 Å². The fourth-order valence-corrected chi connectivity index (χ4v) is 1.30. The van der Waals surface area contributed by atoms with E-state index in [4.69, 9.17) is 4.74 Å². The van der Waals surface area contributed by atoms with Gasteiger partial charge in [0.15, 0.2) is 0 Å². The van der Waals surface area contributed by atoms with Gasteiger partial charge in [-0.15, -0.1) is 12.6 Å². The topological polar surface area (TPSA) is 26.3 Å². The molecule has 0 spiro atoms. The Bertz CT molecular complexity index is 297. The molecule has 0 radical (unpaired) electrons. The molecule has 3 heteroatoms. The summed E-state index contributed by atoms with van der Waals surface area (Å²) in [6.45, 7) is 2.23. The van der Waals surface area contributed by atoms with Gasteiger partial charge in [-0.05, 0) is 24.6 Å². The summed E-state index contributed by atoms with van der Waals surface area (Å²) in [6, 6.07) is 7.49. The number of hydrogen-bond donors (Lipinski definition) is 1. The minimum atomic E-state index is -0.193. The average Bonchev–Trinajstić information content (AvgIpc) is 2.04. The van der Waals surface area contributed by atoms with Gasteiger partial charge in [0.25, 0.3) is 0 Å². The Kier molecular flexibility index (Phi) is 3.83. The first-order valence-electron chi connectivity index (χ1n) is 4.16. The predicted octanol–water partition coefficient (Wildman–Crippen LogP) is 2.08. The van der Waals surface area contributed by atoms with Gasteiger partial charge in [-0.25, -0.2) is 0 Å². The molecule has 1 rings (SSSR count). The van der Waals surface area contributed by atoms with E-state index >= 15 is 0 Å². The number of hydrogen-bond acceptors (Lipinski definition) is 3. The largest absolute Gasteiger partial charge is 0.466 e. The molecule has 0 saturated carbocycles. The fourth-order valence-electron chi connectivity index (χ4n) is 1.05. The third-order valence-corrected chi connectivity index (χ3v) is 1.84. The second-order valence-electron chi connectivity index (χ2n) is 2.65. The monoisotopic (exact) mass is 196 g/mol. The van der Waals surface area contributed by atoms with E-state index in [0.29, 0.717) is 13.0 Å². The Labute approximate surface area is 83.3 Å². The van der Waals surface area contributed by atoms with Gasteiger partial charge < -0.3 is 4.74 Å². The number of thiol groups is 1. The fraction of sp³-hybridized carbons (Fsp3) is 0.300. The molecule has 1 aromatic carbocycles. The third-order valence-electron chi connectivity index (χ3n) is 1.56. The molecule has 0 aromatic heterocycles. The maximum atomic E-state index is 11.1. The van der Waals surface area contributed by atoms with Crippen molar-refractivity contribution in [2.75, 3.05) is 6.61 Å². The maximum absolute atomic E-state index is 11.1. The molecule has 0 unspecified atom stereocenters. The molecule has 0 aliphatic heterocycles. The Balaban J connectivity index is 2.58. The first kappa shape index (κ1) is 10.1. The second kappa shape index (κ2) is 4.92. The van der Waals surface area contributed by atoms with Gasteiger partial charge in [-0.2, -0.15) is 0 Å². The van der Waals surface area contributed by atoms with E-state index in [1.54, 1.807) is 6.92 Å². The predicted molar refractivity (Wildman–Crippen MR) is 54.0 cm³/mol. The molecule has 13 heavy (non-hydrogen) atoms. The highest BCUT2D eigenvalue weighted by Crippen LogP contribution is 2.09. The van der Waals surface area contributed by atoms with E-state index in [1.807, 2.05) is 24.3 Å². The van der Waals surface area contributed by atoms with E-state index in [2.05, 4.69) is 12.6 Å². The molecule has 0 saturated heterocycles. The Morgan fingerprint density at radius 3 is 2.92 bits per heavy atom. The van der Waals surface area contributed by atoms with Crippen molar-refractivity contribution in [3.8, 4) is 0 Å². The number of carbonyl (C=O) groups excluding carboxylic acids is 1. The van der Waals surface area contributed by atoms with Crippen molar-refractivity contribution in [1.29, 1.82) is 0 Å². The second-order valence-corrected chi connectivity index (χ2v) is 3.17. The maximum Gasteiger partial charge on any atom is 0.310 e. The van der Waals surface area contributed by atoms with Crippen LogP contribution in [0.3, 0.4) is 0 Å². The van der Waals surface area contributed by atoms with Gasteiger partial charge in [-0.3, -0.25) is 4.79 Å². The van der Waals surface area contributed by atoms with Gasteiger partial charge in [-0.1, -0.05) is 12.1 Å². The van der Waals surface area contributed by atoms with Crippen molar-refractivity contribution in [3.63, 3.8) is 0 Å². The number of carbonyl (C=O) groups is 1. The Morgan fingerprint density at radius 2 is 2.31 bits per heavy atom. The molecule has 0 amide bonds. The highest BCUT2D eigenvalue weighted by Gasteiger charge is 2.02. The van der Waals surface area contributed by atoms with Crippen molar-refractivity contribution in [2.45, 2.75) is 18.2 Å². The minimum Gasteiger partial charge on any atom is -0.466 e. The molecule has 2 nitrogen and oxygen atoms in total. The zero-order chi connectivity index (χ0) is 9.68. The van der Waals surface area contributed by atoms with E-state index in [-0.39, 0.29) is 5.97 Å². The number of benzene rings is 1. The van der Waals surface area contributed by atoms with Gasteiger partial charge in [0.2, 0.25) is 0 Å². The molecule has 0 aliphatic carbocycles. The van der Waals surface area contributed by atoms with Crippen molar-refractivity contribution in [3.05, 3.63) is 29.8 Å². The van der Waals surface area contributed by atoms with Gasteiger partial charge >= 0.3 is 5.97 Å². The van der Waals surface area contributed by atoms with Crippen LogP contribution >= 0.6 is 12.6 Å². The lowest BCUT2D eigenvalue weighted by Gasteiger charge is -2.01. The number of ether oxygens (including phenoxy) is 1. The van der Waals surface area contributed by atoms with Crippen molar-refractivity contribution >= 4 is 18.6 Å². The van der Waals surface area contributed by atoms with Gasteiger partial charge in [0.05, 0.1) is 13.0 Å². The Hall–Kier alpha value is -0.960. The highest BCUT2D eigenvalue weighted by molar-refractivity contribution is 7.80. The normalized spacial score (nSPS) is 9.69. The SMILES string of the molecule is CCOC(=O)Cc1cccc(S)c1. The van der Waals surface area contributed by atoms with Crippen molar-refractivity contribution in [2.24, 2.45) is 0 Å². The van der Waals surface area contributed by atoms with E-state index in [0.717, 1.165) is 10.5 Å². The summed E-state index contributed by atoms with van der Waals surface area (Å²) in [5.74, 6) is -0.193. The molecule has 0 fully saturated rings. The summed E-state index contributed by atoms with van der Waals surface area (Å²) in [6.07, 6.45) is 0.322. The Morgan fingerprint density at radius 1 is 1.54 bits per heavy atom. The van der Waals surface area contributed by atoms with Crippen LogP contribution in [0.1, 0.15) is 12.5 Å². The summed E-state index contributed by atoms with van der Waals surface area (Å²) in [7, 11) is 0.